The van der Waals surface area contributed by atoms with Gasteiger partial charge in [0.2, 0.25) is 0 Å². The van der Waals surface area contributed by atoms with Crippen LogP contribution in [0.5, 0.6) is 5.75 Å². The molecule has 3 nitrogen and oxygen atoms in total. The molecule has 1 unspecified atom stereocenters. The van der Waals surface area contributed by atoms with Crippen molar-refractivity contribution in [1.29, 1.82) is 0 Å². The zero-order valence-electron chi connectivity index (χ0n) is 7.88. The van der Waals surface area contributed by atoms with Gasteiger partial charge in [-0.25, -0.2) is 4.39 Å². The zero-order valence-corrected chi connectivity index (χ0v) is 9.45. The van der Waals surface area contributed by atoms with E-state index in [1.807, 2.05) is 0 Å². The quantitative estimate of drug-likeness (QED) is 0.790. The van der Waals surface area contributed by atoms with E-state index in [9.17, 15) is 9.18 Å². The summed E-state index contributed by atoms with van der Waals surface area (Å²) in [7, 11) is -0.588. The lowest BCUT2D eigenvalue weighted by atomic mass is 10.2. The van der Waals surface area contributed by atoms with E-state index < -0.39 is 28.1 Å². The number of phenols is 1. The van der Waals surface area contributed by atoms with E-state index >= 15 is 0 Å². The van der Waals surface area contributed by atoms with Crippen LogP contribution in [0.4, 0.5) is 4.39 Å². The van der Waals surface area contributed by atoms with Crippen molar-refractivity contribution < 1.29 is 14.3 Å². The van der Waals surface area contributed by atoms with E-state index in [2.05, 4.69) is 10.6 Å². The third kappa shape index (κ3) is 2.94. The molecule has 15 heavy (non-hydrogen) atoms. The smallest absolute Gasteiger partial charge is 0.263 e. The molecule has 1 aromatic carbocycles. The van der Waals surface area contributed by atoms with Crippen molar-refractivity contribution in [3.8, 4) is 5.75 Å². The predicted molar refractivity (Wildman–Crippen MR) is 61.2 cm³/mol. The highest BCUT2D eigenvalue weighted by Crippen LogP contribution is 2.26. The highest BCUT2D eigenvalue weighted by atomic mass is 35.5. The van der Waals surface area contributed by atoms with Gasteiger partial charge in [0.1, 0.15) is 11.6 Å². The molecule has 0 fully saturated rings. The van der Waals surface area contributed by atoms with Crippen LogP contribution in [0.1, 0.15) is 10.4 Å². The molecule has 0 aliphatic rings. The first-order valence-corrected chi connectivity index (χ1v) is 6.04. The summed E-state index contributed by atoms with van der Waals surface area (Å²) >= 11 is 5.56. The number of rotatable bonds is 2. The molecule has 1 rings (SSSR count). The summed E-state index contributed by atoms with van der Waals surface area (Å²) in [4.78, 5) is 11.4. The Balaban J connectivity index is 3.09. The van der Waals surface area contributed by atoms with Crippen molar-refractivity contribution in [1.82, 2.24) is 4.72 Å². The van der Waals surface area contributed by atoms with E-state index in [1.165, 1.54) is 0 Å². The van der Waals surface area contributed by atoms with Gasteiger partial charge in [0.25, 0.3) is 5.91 Å². The molecular formula is C9H9ClFNO2S. The first-order chi connectivity index (χ1) is 6.91. The zero-order chi connectivity index (χ0) is 11.6. The number of carbonyl (C=O) groups is 1. The van der Waals surface area contributed by atoms with Gasteiger partial charge in [0.05, 0.1) is 10.6 Å². The molecular weight excluding hydrogens is 241 g/mol. The molecule has 0 spiro atoms. The molecule has 2 N–H and O–H groups in total. The minimum atomic E-state index is -0.820. The maximum atomic E-state index is 13.2. The molecule has 0 saturated heterocycles. The lowest BCUT2D eigenvalue weighted by Crippen LogP contribution is -2.18. The second-order valence-corrected chi connectivity index (χ2v) is 4.74. The van der Waals surface area contributed by atoms with E-state index in [-0.39, 0.29) is 10.6 Å². The van der Waals surface area contributed by atoms with Gasteiger partial charge in [-0.3, -0.25) is 4.79 Å². The van der Waals surface area contributed by atoms with E-state index in [4.69, 9.17) is 16.7 Å². The maximum Gasteiger partial charge on any atom is 0.263 e. The first-order valence-electron chi connectivity index (χ1n) is 3.86. The highest BCUT2D eigenvalue weighted by molar-refractivity contribution is 8.12. The lowest BCUT2D eigenvalue weighted by molar-refractivity contribution is 0.0980. The third-order valence-corrected chi connectivity index (χ3v) is 2.38. The van der Waals surface area contributed by atoms with Crippen LogP contribution in [-0.2, 0) is 0 Å². The van der Waals surface area contributed by atoms with E-state index in [0.29, 0.717) is 0 Å². The summed E-state index contributed by atoms with van der Waals surface area (Å²) in [6, 6.07) is 1.88. The van der Waals surface area contributed by atoms with Gasteiger partial charge in [-0.2, -0.15) is 0 Å². The summed E-state index contributed by atoms with van der Waals surface area (Å²) in [5, 5.41) is 9.01. The Hall–Kier alpha value is -1.07. The second-order valence-electron chi connectivity index (χ2n) is 2.85. The summed E-state index contributed by atoms with van der Waals surface area (Å²) in [5.74, 6) is 1.75. The van der Waals surface area contributed by atoms with Crippen LogP contribution in [0.15, 0.2) is 12.1 Å². The second kappa shape index (κ2) is 4.63. The summed E-state index contributed by atoms with van der Waals surface area (Å²) in [6.07, 6.45) is 1.68. The van der Waals surface area contributed by atoms with Gasteiger partial charge in [0.15, 0.2) is 0 Å². The van der Waals surface area contributed by atoms with Gasteiger partial charge < -0.3 is 9.83 Å². The Labute approximate surface area is 93.9 Å². The molecule has 0 saturated carbocycles. The number of phenolic OH excluding ortho intramolecular Hbond substituents is 1. The molecule has 82 valence electrons. The number of halogens is 2. The van der Waals surface area contributed by atoms with Crippen LogP contribution in [0, 0.1) is 5.82 Å². The fourth-order valence-electron chi connectivity index (χ4n) is 0.924. The minimum Gasteiger partial charge on any atom is -0.506 e. The number of hydrogen-bond acceptors (Lipinski definition) is 2. The Kier molecular flexibility index (Phi) is 3.71. The SMILES string of the molecule is C=S(C)NC(=O)c1cc(Cl)c(O)cc1F. The third-order valence-electron chi connectivity index (χ3n) is 1.55. The number of aromatic hydroxyl groups is 1. The Morgan fingerprint density at radius 2 is 2.27 bits per heavy atom. The van der Waals surface area contributed by atoms with Gasteiger partial charge >= 0.3 is 0 Å². The molecule has 0 aliphatic carbocycles. The number of amides is 1. The minimum absolute atomic E-state index is 0.0680. The lowest BCUT2D eigenvalue weighted by Gasteiger charge is -2.06. The van der Waals surface area contributed by atoms with E-state index in [1.54, 1.807) is 6.26 Å². The molecule has 1 atom stereocenters. The largest absolute Gasteiger partial charge is 0.506 e. The molecule has 1 amide bonds. The van der Waals surface area contributed by atoms with Crippen molar-refractivity contribution in [3.63, 3.8) is 0 Å². The monoisotopic (exact) mass is 249 g/mol. The highest BCUT2D eigenvalue weighted by Gasteiger charge is 2.14. The predicted octanol–water partition coefficient (Wildman–Crippen LogP) is 2.16. The molecule has 0 aromatic heterocycles. The van der Waals surface area contributed by atoms with Crippen molar-refractivity contribution in [2.24, 2.45) is 0 Å². The average molecular weight is 250 g/mol. The van der Waals surface area contributed by atoms with Crippen LogP contribution in [0.25, 0.3) is 0 Å². The normalized spacial score (nSPS) is 12.2. The van der Waals surface area contributed by atoms with Crippen molar-refractivity contribution in [2.45, 2.75) is 0 Å². The van der Waals surface area contributed by atoms with Gasteiger partial charge in [0, 0.05) is 6.07 Å². The van der Waals surface area contributed by atoms with Crippen LogP contribution in [-0.4, -0.2) is 23.1 Å². The van der Waals surface area contributed by atoms with Gasteiger partial charge in [-0.05, 0) is 12.3 Å². The first kappa shape index (κ1) is 12.0. The topological polar surface area (TPSA) is 49.3 Å². The standard InChI is InChI=1S/C9H9ClFNO2S/c1-15(2)12-9(14)5-3-6(10)8(13)4-7(5)11/h3-4,13H,1H2,2H3,(H,12,14). The van der Waals surface area contributed by atoms with Crippen LogP contribution in [0.2, 0.25) is 5.02 Å². The van der Waals surface area contributed by atoms with Crippen molar-refractivity contribution in [3.05, 3.63) is 28.5 Å². The van der Waals surface area contributed by atoms with E-state index in [0.717, 1.165) is 12.1 Å². The number of benzene rings is 1. The number of hydrogen-bond donors (Lipinski definition) is 2. The van der Waals surface area contributed by atoms with Crippen LogP contribution < -0.4 is 4.72 Å². The fourth-order valence-corrected chi connectivity index (χ4v) is 1.51. The molecule has 0 radical (unpaired) electrons. The molecule has 6 heteroatoms. The van der Waals surface area contributed by atoms with Crippen LogP contribution >= 0.6 is 22.3 Å². The van der Waals surface area contributed by atoms with Gasteiger partial charge in [-0.1, -0.05) is 17.5 Å². The number of nitrogens with one attached hydrogen (secondary N) is 1. The fraction of sp³-hybridized carbons (Fsp3) is 0.111. The van der Waals surface area contributed by atoms with Crippen molar-refractivity contribution in [2.75, 3.05) is 6.26 Å². The summed E-state index contributed by atoms with van der Waals surface area (Å²) in [5.41, 5.74) is -0.208. The van der Waals surface area contributed by atoms with Crippen LogP contribution in [0.3, 0.4) is 0 Å². The maximum absolute atomic E-state index is 13.2. The molecule has 0 heterocycles. The summed E-state index contributed by atoms with van der Waals surface area (Å²) < 4.78 is 15.7. The molecule has 1 aromatic rings. The molecule has 0 aliphatic heterocycles. The van der Waals surface area contributed by atoms with Gasteiger partial charge in [-0.15, -0.1) is 10.7 Å². The Morgan fingerprint density at radius 3 is 2.80 bits per heavy atom. The summed E-state index contributed by atoms with van der Waals surface area (Å²) in [6.45, 7) is 0. The Morgan fingerprint density at radius 1 is 1.67 bits per heavy atom. The average Bonchev–Trinajstić information content (AvgIpc) is 2.09. The number of carbonyl (C=O) groups excluding carboxylic acids is 1. The Bertz CT molecular complexity index is 436. The molecule has 0 bridgehead atoms. The van der Waals surface area contributed by atoms with Crippen molar-refractivity contribution >= 4 is 34.0 Å².